The zero-order valence-corrected chi connectivity index (χ0v) is 25.3. The average Bonchev–Trinajstić information content (AvgIpc) is 2.96. The lowest BCUT2D eigenvalue weighted by Gasteiger charge is -2.53. The lowest BCUT2D eigenvalue weighted by atomic mass is 9.55. The molecule has 1 heterocycles. The maximum atomic E-state index is 14.1. The third-order valence-corrected chi connectivity index (χ3v) is 9.80. The molecule has 1 aromatic carbocycles. The SMILES string of the molecule is CC1c2ccc(NC(=O)C(CS)N3CCNCC3)c(O)c2C(=O)C2=C(O)[C@]3(O)C(=O)C(C(N)=O)=C(O)[C@@H](N(C)C)C3C(O)C21. The Morgan fingerprint density at radius 1 is 1.20 bits per heavy atom. The molecule has 0 saturated carbocycles. The minimum absolute atomic E-state index is 0.0759. The highest BCUT2D eigenvalue weighted by Crippen LogP contribution is 2.56. The van der Waals surface area contributed by atoms with E-state index in [-0.39, 0.29) is 17.0 Å². The Labute approximate surface area is 258 Å². The molecule has 14 nitrogen and oxygen atoms in total. The third kappa shape index (κ3) is 4.52. The van der Waals surface area contributed by atoms with Crippen molar-refractivity contribution in [2.75, 3.05) is 51.3 Å². The van der Waals surface area contributed by atoms with Gasteiger partial charge in [0, 0.05) is 43.4 Å². The number of nitrogens with zero attached hydrogens (tertiary/aromatic N) is 2. The summed E-state index contributed by atoms with van der Waals surface area (Å²) in [6.45, 7) is 4.26. The van der Waals surface area contributed by atoms with Gasteiger partial charge in [-0.2, -0.15) is 12.6 Å². The fraction of sp³-hybridized carbons (Fsp3) is 0.517. The summed E-state index contributed by atoms with van der Waals surface area (Å²) in [5.74, 6) is -10.1. The molecule has 5 unspecified atom stereocenters. The topological polar surface area (TPSA) is 226 Å². The zero-order valence-electron chi connectivity index (χ0n) is 24.4. The molecular weight excluding hydrogens is 594 g/mol. The number of phenolic OH excluding ortho intramolecular Hbond substituents is 1. The van der Waals surface area contributed by atoms with Crippen LogP contribution < -0.4 is 16.4 Å². The van der Waals surface area contributed by atoms with Gasteiger partial charge in [-0.15, -0.1) is 0 Å². The molecule has 1 aliphatic heterocycles. The first-order valence-electron chi connectivity index (χ1n) is 14.2. The third-order valence-electron chi connectivity index (χ3n) is 9.46. The van der Waals surface area contributed by atoms with E-state index in [9.17, 15) is 44.7 Å². The number of aliphatic hydroxyl groups is 4. The van der Waals surface area contributed by atoms with Crippen LogP contribution in [0.25, 0.3) is 0 Å². The van der Waals surface area contributed by atoms with Crippen molar-refractivity contribution in [3.05, 3.63) is 45.9 Å². The van der Waals surface area contributed by atoms with Crippen LogP contribution in [0.1, 0.15) is 28.8 Å². The number of phenols is 1. The fourth-order valence-electron chi connectivity index (χ4n) is 7.30. The number of ketones is 2. The second-order valence-corrected chi connectivity index (χ2v) is 12.3. The molecule has 0 radical (unpaired) electrons. The number of carbonyl (C=O) groups is 4. The number of primary amides is 1. The highest BCUT2D eigenvalue weighted by molar-refractivity contribution is 7.80. The molecule has 2 amide bonds. The zero-order chi connectivity index (χ0) is 32.4. The van der Waals surface area contributed by atoms with Crippen LogP contribution in [0.3, 0.4) is 0 Å². The van der Waals surface area contributed by atoms with E-state index in [1.54, 1.807) is 6.92 Å². The molecular formula is C29H37N5O9S. The maximum Gasteiger partial charge on any atom is 0.255 e. The van der Waals surface area contributed by atoms with Gasteiger partial charge in [-0.25, -0.2) is 0 Å². The van der Waals surface area contributed by atoms with E-state index in [1.165, 1.54) is 31.1 Å². The number of carbonyl (C=O) groups excluding carboxylic acids is 4. The number of aromatic hydroxyl groups is 1. The monoisotopic (exact) mass is 631 g/mol. The van der Waals surface area contributed by atoms with E-state index in [0.717, 1.165) is 0 Å². The molecule has 1 fully saturated rings. The number of nitrogens with two attached hydrogens (primary N) is 1. The van der Waals surface area contributed by atoms with E-state index in [1.807, 2.05) is 4.90 Å². The summed E-state index contributed by atoms with van der Waals surface area (Å²) in [4.78, 5) is 56.3. The first kappa shape index (κ1) is 31.9. The van der Waals surface area contributed by atoms with Crippen molar-refractivity contribution >= 4 is 41.7 Å². The Bertz CT molecular complexity index is 1500. The summed E-state index contributed by atoms with van der Waals surface area (Å²) >= 11 is 4.33. The second kappa shape index (κ2) is 11.5. The Hall–Kier alpha value is -3.47. The number of rotatable bonds is 6. The van der Waals surface area contributed by atoms with Crippen molar-refractivity contribution < 1.29 is 44.7 Å². The molecule has 238 valence electrons. The van der Waals surface area contributed by atoms with E-state index < -0.39 is 93.3 Å². The van der Waals surface area contributed by atoms with Crippen LogP contribution in [0.5, 0.6) is 5.75 Å². The van der Waals surface area contributed by atoms with Crippen LogP contribution in [-0.4, -0.2) is 129 Å². The van der Waals surface area contributed by atoms with E-state index >= 15 is 0 Å². The normalized spacial score (nSPS) is 31.4. The average molecular weight is 632 g/mol. The summed E-state index contributed by atoms with van der Waals surface area (Å²) in [5, 5.41) is 63.1. The summed E-state index contributed by atoms with van der Waals surface area (Å²) in [7, 11) is 2.94. The predicted octanol–water partition coefficient (Wildman–Crippen LogP) is -1.21. The van der Waals surface area contributed by atoms with Crippen LogP contribution in [0.15, 0.2) is 34.8 Å². The van der Waals surface area contributed by atoms with Gasteiger partial charge < -0.3 is 41.9 Å². The minimum Gasteiger partial charge on any atom is -0.510 e. The number of nitrogens with one attached hydrogen (secondary N) is 2. The van der Waals surface area contributed by atoms with Crippen molar-refractivity contribution in [1.82, 2.24) is 15.1 Å². The van der Waals surface area contributed by atoms with Gasteiger partial charge in [-0.3, -0.25) is 29.0 Å². The van der Waals surface area contributed by atoms with Gasteiger partial charge in [0.15, 0.2) is 17.1 Å². The van der Waals surface area contributed by atoms with Crippen molar-refractivity contribution in [2.45, 2.75) is 36.6 Å². The number of hydrogen-bond donors (Lipinski definition) is 9. The lowest BCUT2D eigenvalue weighted by Crippen LogP contribution is -2.68. The highest BCUT2D eigenvalue weighted by atomic mass is 32.1. The van der Waals surface area contributed by atoms with Crippen LogP contribution in [0, 0.1) is 11.8 Å². The lowest BCUT2D eigenvalue weighted by molar-refractivity contribution is -0.162. The highest BCUT2D eigenvalue weighted by Gasteiger charge is 2.67. The van der Waals surface area contributed by atoms with Gasteiger partial charge in [-0.1, -0.05) is 13.0 Å². The van der Waals surface area contributed by atoms with E-state index in [4.69, 9.17) is 5.73 Å². The molecule has 0 aromatic heterocycles. The number of thiol groups is 1. The summed E-state index contributed by atoms with van der Waals surface area (Å²) in [5.41, 5.74) is 0.796. The molecule has 0 bridgehead atoms. The van der Waals surface area contributed by atoms with Gasteiger partial charge in [0.05, 0.1) is 35.4 Å². The maximum absolute atomic E-state index is 14.1. The largest absolute Gasteiger partial charge is 0.510 e. The van der Waals surface area contributed by atoms with Crippen molar-refractivity contribution in [3.63, 3.8) is 0 Å². The van der Waals surface area contributed by atoms with E-state index in [2.05, 4.69) is 23.3 Å². The summed E-state index contributed by atoms with van der Waals surface area (Å²) in [6.07, 6.45) is -1.69. The number of hydrogen-bond acceptors (Lipinski definition) is 13. The first-order chi connectivity index (χ1) is 20.7. The van der Waals surface area contributed by atoms with Crippen molar-refractivity contribution in [1.29, 1.82) is 0 Å². The van der Waals surface area contributed by atoms with Gasteiger partial charge in [0.2, 0.25) is 11.7 Å². The number of benzene rings is 1. The number of Topliss-reactive ketones (excluding diaryl/α,β-unsaturated/α-hetero) is 2. The number of piperazine rings is 1. The Morgan fingerprint density at radius 3 is 2.41 bits per heavy atom. The predicted molar refractivity (Wildman–Crippen MR) is 160 cm³/mol. The van der Waals surface area contributed by atoms with Gasteiger partial charge in [-0.05, 0) is 31.6 Å². The Kier molecular flexibility index (Phi) is 8.33. The Morgan fingerprint density at radius 2 is 1.84 bits per heavy atom. The summed E-state index contributed by atoms with van der Waals surface area (Å²) < 4.78 is 0. The van der Waals surface area contributed by atoms with Crippen molar-refractivity contribution in [2.24, 2.45) is 17.6 Å². The van der Waals surface area contributed by atoms with Crippen LogP contribution in [0.4, 0.5) is 5.69 Å². The second-order valence-electron chi connectivity index (χ2n) is 12.0. The number of fused-ring (bicyclic) bond motifs is 3. The van der Waals surface area contributed by atoms with Crippen LogP contribution in [-0.2, 0) is 14.4 Å². The quantitative estimate of drug-likeness (QED) is 0.102. The summed E-state index contributed by atoms with van der Waals surface area (Å²) in [6, 6.07) is 0.993. The number of anilines is 1. The number of amides is 2. The van der Waals surface area contributed by atoms with E-state index in [0.29, 0.717) is 31.7 Å². The minimum atomic E-state index is -3.01. The number of aliphatic hydroxyl groups excluding tert-OH is 3. The first-order valence-corrected chi connectivity index (χ1v) is 14.9. The Balaban J connectivity index is 1.60. The molecule has 9 N–H and O–H groups in total. The molecule has 1 aromatic rings. The molecule has 1 saturated heterocycles. The molecule has 4 aliphatic rings. The van der Waals surface area contributed by atoms with Gasteiger partial charge in [0.25, 0.3) is 5.91 Å². The van der Waals surface area contributed by atoms with Crippen molar-refractivity contribution in [3.8, 4) is 5.75 Å². The molecule has 44 heavy (non-hydrogen) atoms. The fourth-order valence-corrected chi connectivity index (χ4v) is 7.69. The molecule has 0 spiro atoms. The van der Waals surface area contributed by atoms with Gasteiger partial charge in [0.1, 0.15) is 17.1 Å². The number of likely N-dealkylation sites (N-methyl/N-ethyl adjacent to an activating group) is 1. The van der Waals surface area contributed by atoms with Gasteiger partial charge >= 0.3 is 0 Å². The molecule has 3 aliphatic carbocycles. The molecule has 5 rings (SSSR count). The van der Waals surface area contributed by atoms with Crippen LogP contribution >= 0.6 is 12.6 Å². The molecule has 15 heteroatoms. The molecule has 7 atom stereocenters. The van der Waals surface area contributed by atoms with Crippen LogP contribution in [0.2, 0.25) is 0 Å². The smallest absolute Gasteiger partial charge is 0.255 e. The standard InChI is InChI=1S/C29H37N5O9S/c1-11-12-4-5-13(32-28(42)14(10-44)34-8-6-31-7-9-34)21(35)16(12)22(36)17-15(11)23(37)19-20(33(2)3)24(38)18(27(30)41)26(40)29(19,43)25(17)39/h4-5,11,14-15,19-20,23,31,35,37-39,43-44H,6-10H2,1-3H3,(H2,30,41)(H,32,42)/t11?,14?,15?,19?,20-,23?,29-/m0/s1.